The number of thiocarbonyl (C=S) groups is 1. The van der Waals surface area contributed by atoms with E-state index in [2.05, 4.69) is 34.5 Å². The van der Waals surface area contributed by atoms with E-state index in [0.29, 0.717) is 13.3 Å². The third kappa shape index (κ3) is 2.37. The summed E-state index contributed by atoms with van der Waals surface area (Å²) in [4.78, 5) is 2.16. The van der Waals surface area contributed by atoms with Gasteiger partial charge in [-0.15, -0.1) is 0 Å². The molecule has 22 heavy (non-hydrogen) atoms. The Morgan fingerprint density at radius 2 is 2.00 bits per heavy atom. The summed E-state index contributed by atoms with van der Waals surface area (Å²) in [6.45, 7) is 1.91. The van der Waals surface area contributed by atoms with E-state index in [1.807, 2.05) is 18.2 Å². The van der Waals surface area contributed by atoms with Gasteiger partial charge in [-0.1, -0.05) is 24.3 Å². The Balaban J connectivity index is 1.43. The molecule has 112 valence electrons. The van der Waals surface area contributed by atoms with E-state index in [1.54, 1.807) is 0 Å². The van der Waals surface area contributed by atoms with Gasteiger partial charge in [-0.2, -0.15) is 0 Å². The minimum Gasteiger partial charge on any atom is -0.454 e. The number of rotatable bonds is 2. The van der Waals surface area contributed by atoms with Gasteiger partial charge >= 0.3 is 0 Å². The third-order valence-corrected chi connectivity index (χ3v) is 4.38. The molecule has 0 aromatic heterocycles. The van der Waals surface area contributed by atoms with Crippen molar-refractivity contribution in [3.05, 3.63) is 53.6 Å². The first-order valence-corrected chi connectivity index (χ1v) is 7.74. The number of nitrogens with one attached hydrogen (secondary N) is 1. The topological polar surface area (TPSA) is 33.7 Å². The number of anilines is 1. The number of benzene rings is 2. The van der Waals surface area contributed by atoms with Gasteiger partial charge in [0.25, 0.3) is 0 Å². The van der Waals surface area contributed by atoms with Crippen molar-refractivity contribution in [1.82, 2.24) is 5.32 Å². The van der Waals surface area contributed by atoms with Crippen LogP contribution in [0.25, 0.3) is 0 Å². The molecular formula is C17H16N2O2S. The molecule has 2 aromatic carbocycles. The van der Waals surface area contributed by atoms with Crippen LogP contribution in [0.1, 0.15) is 11.1 Å². The summed E-state index contributed by atoms with van der Waals surface area (Å²) >= 11 is 5.55. The van der Waals surface area contributed by atoms with Crippen molar-refractivity contribution in [3.8, 4) is 11.5 Å². The van der Waals surface area contributed by atoms with Crippen LogP contribution in [0.2, 0.25) is 0 Å². The van der Waals surface area contributed by atoms with Gasteiger partial charge in [0.2, 0.25) is 6.79 Å². The highest BCUT2D eigenvalue weighted by Crippen LogP contribution is 2.32. The van der Waals surface area contributed by atoms with Crippen LogP contribution < -0.4 is 19.7 Å². The van der Waals surface area contributed by atoms with Crippen molar-refractivity contribution in [1.29, 1.82) is 0 Å². The minimum atomic E-state index is 0.301. The first-order chi connectivity index (χ1) is 10.8. The molecule has 2 aromatic rings. The normalized spacial score (nSPS) is 14.8. The van der Waals surface area contributed by atoms with E-state index < -0.39 is 0 Å². The molecule has 2 aliphatic rings. The third-order valence-electron chi connectivity index (χ3n) is 4.01. The van der Waals surface area contributed by atoms with E-state index in [0.717, 1.165) is 35.1 Å². The molecule has 0 unspecified atom stereocenters. The summed E-state index contributed by atoms with van der Waals surface area (Å²) in [6.07, 6.45) is 1.04. The summed E-state index contributed by atoms with van der Waals surface area (Å²) in [6, 6.07) is 14.4. The average molecular weight is 312 g/mol. The van der Waals surface area contributed by atoms with E-state index in [-0.39, 0.29) is 0 Å². The summed E-state index contributed by atoms with van der Waals surface area (Å²) in [5.74, 6) is 1.61. The van der Waals surface area contributed by atoms with Gasteiger partial charge < -0.3 is 19.7 Å². The largest absolute Gasteiger partial charge is 0.454 e. The second-order valence-corrected chi connectivity index (χ2v) is 5.76. The van der Waals surface area contributed by atoms with Crippen LogP contribution in [0.4, 0.5) is 5.69 Å². The quantitative estimate of drug-likeness (QED) is 0.863. The Morgan fingerprint density at radius 3 is 2.95 bits per heavy atom. The first kappa shape index (κ1) is 13.4. The fourth-order valence-corrected chi connectivity index (χ4v) is 3.14. The SMILES string of the molecule is S=C(NCc1ccc2c(c1)OCO2)N1CCc2ccccc21. The number of fused-ring (bicyclic) bond motifs is 2. The molecule has 1 N–H and O–H groups in total. The summed E-state index contributed by atoms with van der Waals surface area (Å²) in [7, 11) is 0. The molecule has 0 fully saturated rings. The van der Waals surface area contributed by atoms with Crippen molar-refractivity contribution in [2.45, 2.75) is 13.0 Å². The highest BCUT2D eigenvalue weighted by atomic mass is 32.1. The predicted octanol–water partition coefficient (Wildman–Crippen LogP) is 2.85. The molecule has 0 amide bonds. The lowest BCUT2D eigenvalue weighted by Gasteiger charge is -2.21. The van der Waals surface area contributed by atoms with Crippen LogP contribution in [0.5, 0.6) is 11.5 Å². The molecule has 2 heterocycles. The lowest BCUT2D eigenvalue weighted by molar-refractivity contribution is 0.174. The van der Waals surface area contributed by atoms with Crippen LogP contribution >= 0.6 is 12.2 Å². The summed E-state index contributed by atoms with van der Waals surface area (Å²) in [5.41, 5.74) is 3.69. The maximum Gasteiger partial charge on any atom is 0.231 e. The van der Waals surface area contributed by atoms with Crippen molar-refractivity contribution in [2.75, 3.05) is 18.2 Å². The van der Waals surface area contributed by atoms with E-state index >= 15 is 0 Å². The molecule has 0 aliphatic carbocycles. The van der Waals surface area contributed by atoms with Crippen molar-refractivity contribution >= 4 is 23.0 Å². The van der Waals surface area contributed by atoms with Gasteiger partial charge in [0.05, 0.1) is 0 Å². The van der Waals surface area contributed by atoms with Crippen LogP contribution in [0.15, 0.2) is 42.5 Å². The molecule has 0 saturated carbocycles. The molecule has 0 spiro atoms. The molecule has 5 heteroatoms. The highest BCUT2D eigenvalue weighted by Gasteiger charge is 2.21. The van der Waals surface area contributed by atoms with Gasteiger partial charge in [0.1, 0.15) is 0 Å². The van der Waals surface area contributed by atoms with Gasteiger partial charge in [-0.25, -0.2) is 0 Å². The Bertz CT molecular complexity index is 732. The second kappa shape index (κ2) is 5.50. The summed E-state index contributed by atoms with van der Waals surface area (Å²) in [5, 5.41) is 4.10. The van der Waals surface area contributed by atoms with E-state index in [4.69, 9.17) is 21.7 Å². The number of hydrogen-bond acceptors (Lipinski definition) is 3. The number of nitrogens with zero attached hydrogens (tertiary/aromatic N) is 1. The van der Waals surface area contributed by atoms with Crippen molar-refractivity contribution < 1.29 is 9.47 Å². The Kier molecular flexibility index (Phi) is 3.35. The van der Waals surface area contributed by atoms with Crippen molar-refractivity contribution in [3.63, 3.8) is 0 Å². The molecule has 4 rings (SSSR count). The number of ether oxygens (including phenoxy) is 2. The molecule has 0 bridgehead atoms. The summed E-state index contributed by atoms with van der Waals surface area (Å²) < 4.78 is 10.7. The van der Waals surface area contributed by atoms with Crippen LogP contribution in [0, 0.1) is 0 Å². The average Bonchev–Trinajstić information content (AvgIpc) is 3.18. The Hall–Kier alpha value is -2.27. The Labute approximate surface area is 134 Å². The molecular weight excluding hydrogens is 296 g/mol. The van der Waals surface area contributed by atoms with Crippen LogP contribution in [0.3, 0.4) is 0 Å². The fourth-order valence-electron chi connectivity index (χ4n) is 2.87. The Morgan fingerprint density at radius 1 is 1.14 bits per heavy atom. The van der Waals surface area contributed by atoms with Crippen LogP contribution in [-0.2, 0) is 13.0 Å². The number of para-hydroxylation sites is 1. The maximum absolute atomic E-state index is 5.55. The molecule has 4 nitrogen and oxygen atoms in total. The van der Waals surface area contributed by atoms with E-state index in [1.165, 1.54) is 11.3 Å². The molecule has 0 saturated heterocycles. The van der Waals surface area contributed by atoms with Gasteiger partial charge in [-0.05, 0) is 48.0 Å². The zero-order valence-corrected chi connectivity index (χ0v) is 12.9. The highest BCUT2D eigenvalue weighted by molar-refractivity contribution is 7.80. The second-order valence-electron chi connectivity index (χ2n) is 5.38. The van der Waals surface area contributed by atoms with Crippen LogP contribution in [-0.4, -0.2) is 18.5 Å². The zero-order chi connectivity index (χ0) is 14.9. The lowest BCUT2D eigenvalue weighted by Crippen LogP contribution is -2.38. The van der Waals surface area contributed by atoms with Crippen molar-refractivity contribution in [2.24, 2.45) is 0 Å². The minimum absolute atomic E-state index is 0.301. The zero-order valence-electron chi connectivity index (χ0n) is 12.0. The fraction of sp³-hybridized carbons (Fsp3) is 0.235. The van der Waals surface area contributed by atoms with Gasteiger partial charge in [-0.3, -0.25) is 0 Å². The molecule has 0 radical (unpaired) electrons. The number of hydrogen-bond donors (Lipinski definition) is 1. The maximum atomic E-state index is 5.55. The monoisotopic (exact) mass is 312 g/mol. The van der Waals surface area contributed by atoms with E-state index in [9.17, 15) is 0 Å². The van der Waals surface area contributed by atoms with Gasteiger partial charge in [0, 0.05) is 18.8 Å². The van der Waals surface area contributed by atoms with Gasteiger partial charge in [0.15, 0.2) is 16.6 Å². The predicted molar refractivity (Wildman–Crippen MR) is 89.5 cm³/mol. The lowest BCUT2D eigenvalue weighted by atomic mass is 10.2. The molecule has 2 aliphatic heterocycles. The smallest absolute Gasteiger partial charge is 0.231 e. The first-order valence-electron chi connectivity index (χ1n) is 7.33. The standard InChI is InChI=1S/C17H16N2O2S/c22-17(19-8-7-13-3-1-2-4-14(13)19)18-10-12-5-6-15-16(9-12)21-11-20-15/h1-6,9H,7-8,10-11H2,(H,18,22). The molecule has 0 atom stereocenters.